The highest BCUT2D eigenvalue weighted by Crippen LogP contribution is 2.26. The van der Waals surface area contributed by atoms with E-state index in [1.165, 1.54) is 0 Å². The van der Waals surface area contributed by atoms with Crippen LogP contribution >= 0.6 is 0 Å². The Bertz CT molecular complexity index is 551. The van der Waals surface area contributed by atoms with Crippen molar-refractivity contribution in [1.29, 1.82) is 0 Å². The molecular formula is C11H8N2O. The maximum Gasteiger partial charge on any atom is 0.138 e. The predicted octanol–water partition coefficient (Wildman–Crippen LogP) is 2.82. The molecule has 0 amide bonds. The zero-order chi connectivity index (χ0) is 9.38. The molecule has 14 heavy (non-hydrogen) atoms. The van der Waals surface area contributed by atoms with Crippen LogP contribution < -0.4 is 0 Å². The lowest BCUT2D eigenvalue weighted by molar-refractivity contribution is 0.616. The number of aromatic nitrogens is 2. The minimum atomic E-state index is 0.872. The van der Waals surface area contributed by atoms with Crippen LogP contribution in [-0.2, 0) is 0 Å². The quantitative estimate of drug-likeness (QED) is 0.631. The van der Waals surface area contributed by atoms with E-state index in [2.05, 4.69) is 9.97 Å². The Hall–Kier alpha value is -2.03. The minimum absolute atomic E-state index is 0.872. The van der Waals surface area contributed by atoms with Crippen molar-refractivity contribution < 1.29 is 4.42 Å². The first-order valence-electron chi connectivity index (χ1n) is 4.41. The van der Waals surface area contributed by atoms with Gasteiger partial charge in [-0.3, -0.25) is 0 Å². The summed E-state index contributed by atoms with van der Waals surface area (Å²) in [5.41, 5.74) is 1.96. The fourth-order valence-corrected chi connectivity index (χ4v) is 1.61. The first-order valence-corrected chi connectivity index (χ1v) is 4.41. The van der Waals surface area contributed by atoms with E-state index in [9.17, 15) is 0 Å². The van der Waals surface area contributed by atoms with E-state index in [1.54, 1.807) is 12.5 Å². The highest BCUT2D eigenvalue weighted by atomic mass is 16.3. The van der Waals surface area contributed by atoms with Gasteiger partial charge in [0.25, 0.3) is 0 Å². The van der Waals surface area contributed by atoms with Gasteiger partial charge < -0.3 is 9.40 Å². The summed E-state index contributed by atoms with van der Waals surface area (Å²) in [5.74, 6) is 0.872. The van der Waals surface area contributed by atoms with Gasteiger partial charge >= 0.3 is 0 Å². The number of rotatable bonds is 1. The van der Waals surface area contributed by atoms with Crippen molar-refractivity contribution in [2.75, 3.05) is 0 Å². The van der Waals surface area contributed by atoms with Crippen LogP contribution in [0.3, 0.4) is 0 Å². The molecule has 1 aromatic carbocycles. The summed E-state index contributed by atoms with van der Waals surface area (Å²) in [7, 11) is 0. The summed E-state index contributed by atoms with van der Waals surface area (Å²) in [6, 6.07) is 7.88. The van der Waals surface area contributed by atoms with Gasteiger partial charge in [0, 0.05) is 23.3 Å². The second kappa shape index (κ2) is 2.73. The Morgan fingerprint density at radius 3 is 3.07 bits per heavy atom. The maximum absolute atomic E-state index is 5.31. The summed E-state index contributed by atoms with van der Waals surface area (Å²) < 4.78 is 5.31. The molecule has 0 aliphatic rings. The summed E-state index contributed by atoms with van der Waals surface area (Å²) in [6.07, 6.45) is 5.25. The number of nitrogens with one attached hydrogen (secondary N) is 1. The molecule has 0 aliphatic carbocycles. The van der Waals surface area contributed by atoms with Crippen LogP contribution in [0.15, 0.2) is 47.3 Å². The fourth-order valence-electron chi connectivity index (χ4n) is 1.61. The molecule has 0 spiro atoms. The third-order valence-corrected chi connectivity index (χ3v) is 2.25. The zero-order valence-corrected chi connectivity index (χ0v) is 7.40. The van der Waals surface area contributed by atoms with E-state index in [0.29, 0.717) is 0 Å². The van der Waals surface area contributed by atoms with Crippen LogP contribution in [-0.4, -0.2) is 9.97 Å². The van der Waals surface area contributed by atoms with E-state index in [1.807, 2.05) is 30.5 Å². The van der Waals surface area contributed by atoms with Gasteiger partial charge in [0.15, 0.2) is 0 Å². The highest BCUT2D eigenvalue weighted by molar-refractivity contribution is 5.91. The van der Waals surface area contributed by atoms with Crippen molar-refractivity contribution in [3.05, 3.63) is 42.9 Å². The minimum Gasteiger partial charge on any atom is -0.464 e. The molecule has 3 nitrogen and oxygen atoms in total. The number of furan rings is 1. The average Bonchev–Trinajstić information content (AvgIpc) is 2.88. The Balaban J connectivity index is 2.36. The monoisotopic (exact) mass is 184 g/mol. The Labute approximate surface area is 80.4 Å². The van der Waals surface area contributed by atoms with E-state index in [-0.39, 0.29) is 0 Å². The standard InChI is InChI=1S/C11H8N2O/c1-2-9(11-12-5-6-13-11)8-4-7-14-10(8)3-1/h1-7H,(H,12,13). The van der Waals surface area contributed by atoms with Crippen molar-refractivity contribution in [3.8, 4) is 11.4 Å². The number of nitrogens with zero attached hydrogens (tertiary/aromatic N) is 1. The van der Waals surface area contributed by atoms with Crippen LogP contribution in [0.2, 0.25) is 0 Å². The first kappa shape index (κ1) is 7.38. The van der Waals surface area contributed by atoms with Gasteiger partial charge in [-0.2, -0.15) is 0 Å². The third kappa shape index (κ3) is 0.956. The Morgan fingerprint density at radius 1 is 1.21 bits per heavy atom. The first-order chi connectivity index (χ1) is 6.95. The SMILES string of the molecule is c1cc(-c2ncc[nH]2)c2ccoc2c1. The van der Waals surface area contributed by atoms with E-state index >= 15 is 0 Å². The van der Waals surface area contributed by atoms with E-state index < -0.39 is 0 Å². The van der Waals surface area contributed by atoms with E-state index in [0.717, 1.165) is 22.4 Å². The number of benzene rings is 1. The molecule has 2 heterocycles. The Kier molecular flexibility index (Phi) is 1.44. The zero-order valence-electron chi connectivity index (χ0n) is 7.40. The third-order valence-electron chi connectivity index (χ3n) is 2.25. The molecular weight excluding hydrogens is 176 g/mol. The number of fused-ring (bicyclic) bond motifs is 1. The van der Waals surface area contributed by atoms with Crippen LogP contribution in [0, 0.1) is 0 Å². The molecule has 0 unspecified atom stereocenters. The molecule has 68 valence electrons. The molecule has 0 atom stereocenters. The average molecular weight is 184 g/mol. The molecule has 0 fully saturated rings. The molecule has 0 radical (unpaired) electrons. The molecule has 3 rings (SSSR count). The number of aromatic amines is 1. The van der Waals surface area contributed by atoms with Gasteiger partial charge in [-0.1, -0.05) is 12.1 Å². The summed E-state index contributed by atoms with van der Waals surface area (Å²) >= 11 is 0. The maximum atomic E-state index is 5.31. The van der Waals surface area contributed by atoms with Crippen molar-refractivity contribution in [3.63, 3.8) is 0 Å². The lowest BCUT2D eigenvalue weighted by atomic mass is 10.1. The number of hydrogen-bond donors (Lipinski definition) is 1. The summed E-state index contributed by atoms with van der Waals surface area (Å²) in [4.78, 5) is 7.30. The number of hydrogen-bond acceptors (Lipinski definition) is 2. The molecule has 3 aromatic rings. The van der Waals surface area contributed by atoms with Gasteiger partial charge in [0.1, 0.15) is 11.4 Å². The Morgan fingerprint density at radius 2 is 2.21 bits per heavy atom. The van der Waals surface area contributed by atoms with E-state index in [4.69, 9.17) is 4.42 Å². The van der Waals surface area contributed by atoms with Gasteiger partial charge in [0.2, 0.25) is 0 Å². The lowest BCUT2D eigenvalue weighted by Gasteiger charge is -1.97. The lowest BCUT2D eigenvalue weighted by Crippen LogP contribution is -1.80. The molecule has 0 aliphatic heterocycles. The highest BCUT2D eigenvalue weighted by Gasteiger charge is 2.06. The fraction of sp³-hybridized carbons (Fsp3) is 0. The molecule has 0 saturated carbocycles. The molecule has 1 N–H and O–H groups in total. The van der Waals surface area contributed by atoms with Gasteiger partial charge in [0.05, 0.1) is 6.26 Å². The van der Waals surface area contributed by atoms with Gasteiger partial charge in [-0.05, 0) is 12.1 Å². The van der Waals surface area contributed by atoms with Crippen LogP contribution in [0.4, 0.5) is 0 Å². The predicted molar refractivity (Wildman–Crippen MR) is 53.8 cm³/mol. The van der Waals surface area contributed by atoms with Gasteiger partial charge in [-0.15, -0.1) is 0 Å². The topological polar surface area (TPSA) is 41.8 Å². The molecule has 0 bridgehead atoms. The number of imidazole rings is 1. The van der Waals surface area contributed by atoms with Gasteiger partial charge in [-0.25, -0.2) is 4.98 Å². The van der Waals surface area contributed by atoms with Crippen LogP contribution in [0.5, 0.6) is 0 Å². The largest absolute Gasteiger partial charge is 0.464 e. The second-order valence-electron chi connectivity index (χ2n) is 3.08. The molecule has 3 heteroatoms. The number of H-pyrrole nitrogens is 1. The second-order valence-corrected chi connectivity index (χ2v) is 3.08. The van der Waals surface area contributed by atoms with Crippen molar-refractivity contribution in [1.82, 2.24) is 9.97 Å². The summed E-state index contributed by atoms with van der Waals surface area (Å²) in [5, 5.41) is 1.09. The molecule has 0 saturated heterocycles. The van der Waals surface area contributed by atoms with Crippen molar-refractivity contribution >= 4 is 11.0 Å². The van der Waals surface area contributed by atoms with Crippen molar-refractivity contribution in [2.45, 2.75) is 0 Å². The molecule has 2 aromatic heterocycles. The van der Waals surface area contributed by atoms with Crippen molar-refractivity contribution in [2.24, 2.45) is 0 Å². The smallest absolute Gasteiger partial charge is 0.138 e. The normalized spacial score (nSPS) is 10.9. The summed E-state index contributed by atoms with van der Waals surface area (Å²) in [6.45, 7) is 0. The van der Waals surface area contributed by atoms with Crippen LogP contribution in [0.1, 0.15) is 0 Å². The van der Waals surface area contributed by atoms with Crippen LogP contribution in [0.25, 0.3) is 22.4 Å².